The standard InChI is InChI=1S/C20H30N2O/c1-5-21(13-16(2)3)20(23)15-22(17(4)19-11-12-19)14-18-9-7-6-8-10-18/h6-10,17,19H,2,5,11-15H2,1,3-4H3. The number of amides is 1. The molecule has 1 aromatic rings. The third-order valence-corrected chi connectivity index (χ3v) is 4.64. The van der Waals surface area contributed by atoms with Gasteiger partial charge in [-0.1, -0.05) is 42.5 Å². The fourth-order valence-electron chi connectivity index (χ4n) is 3.01. The Morgan fingerprint density at radius 1 is 1.26 bits per heavy atom. The third-order valence-electron chi connectivity index (χ3n) is 4.64. The molecular weight excluding hydrogens is 284 g/mol. The monoisotopic (exact) mass is 314 g/mol. The Morgan fingerprint density at radius 3 is 2.43 bits per heavy atom. The topological polar surface area (TPSA) is 23.6 Å². The molecule has 0 aliphatic heterocycles. The van der Waals surface area contributed by atoms with E-state index in [1.165, 1.54) is 18.4 Å². The summed E-state index contributed by atoms with van der Waals surface area (Å²) < 4.78 is 0. The molecule has 0 saturated heterocycles. The van der Waals surface area contributed by atoms with Crippen LogP contribution in [-0.2, 0) is 11.3 Å². The van der Waals surface area contributed by atoms with Crippen LogP contribution in [-0.4, -0.2) is 41.4 Å². The van der Waals surface area contributed by atoms with Crippen LogP contribution in [0, 0.1) is 5.92 Å². The molecule has 0 aromatic heterocycles. The smallest absolute Gasteiger partial charge is 0.237 e. The van der Waals surface area contributed by atoms with Crippen LogP contribution in [0.3, 0.4) is 0 Å². The molecule has 1 atom stereocenters. The maximum absolute atomic E-state index is 12.7. The molecule has 3 heteroatoms. The van der Waals surface area contributed by atoms with Crippen LogP contribution in [0.15, 0.2) is 42.5 Å². The van der Waals surface area contributed by atoms with Crippen molar-refractivity contribution in [2.24, 2.45) is 5.92 Å². The number of hydrogen-bond acceptors (Lipinski definition) is 2. The van der Waals surface area contributed by atoms with Crippen LogP contribution in [0.2, 0.25) is 0 Å². The van der Waals surface area contributed by atoms with Gasteiger partial charge in [0, 0.05) is 25.7 Å². The van der Waals surface area contributed by atoms with E-state index in [9.17, 15) is 4.79 Å². The zero-order chi connectivity index (χ0) is 16.8. The normalized spacial score (nSPS) is 15.5. The molecule has 0 radical (unpaired) electrons. The molecule has 0 heterocycles. The van der Waals surface area contributed by atoms with Crippen LogP contribution in [0.5, 0.6) is 0 Å². The van der Waals surface area contributed by atoms with E-state index in [4.69, 9.17) is 0 Å². The van der Waals surface area contributed by atoms with Crippen LogP contribution >= 0.6 is 0 Å². The highest BCUT2D eigenvalue weighted by Gasteiger charge is 2.33. The van der Waals surface area contributed by atoms with Crippen molar-refractivity contribution in [2.45, 2.75) is 46.2 Å². The lowest BCUT2D eigenvalue weighted by Gasteiger charge is -2.31. The van der Waals surface area contributed by atoms with E-state index in [2.05, 4.69) is 42.7 Å². The van der Waals surface area contributed by atoms with Crippen molar-refractivity contribution >= 4 is 5.91 Å². The molecule has 0 bridgehead atoms. The predicted molar refractivity (Wildman–Crippen MR) is 96.1 cm³/mol. The summed E-state index contributed by atoms with van der Waals surface area (Å²) in [5, 5.41) is 0. The number of rotatable bonds is 9. The lowest BCUT2D eigenvalue weighted by Crippen LogP contribution is -2.44. The largest absolute Gasteiger partial charge is 0.338 e. The fraction of sp³-hybridized carbons (Fsp3) is 0.550. The van der Waals surface area contributed by atoms with Crippen LogP contribution in [0.4, 0.5) is 0 Å². The van der Waals surface area contributed by atoms with Gasteiger partial charge in [0.25, 0.3) is 0 Å². The van der Waals surface area contributed by atoms with E-state index >= 15 is 0 Å². The molecule has 0 N–H and O–H groups in total. The highest BCUT2D eigenvalue weighted by Crippen LogP contribution is 2.35. The first kappa shape index (κ1) is 17.7. The van der Waals surface area contributed by atoms with Gasteiger partial charge in [0.2, 0.25) is 5.91 Å². The summed E-state index contributed by atoms with van der Waals surface area (Å²) in [5.41, 5.74) is 2.31. The van der Waals surface area contributed by atoms with Crippen molar-refractivity contribution in [3.8, 4) is 0 Å². The number of nitrogens with zero attached hydrogens (tertiary/aromatic N) is 2. The summed E-state index contributed by atoms with van der Waals surface area (Å²) >= 11 is 0. The number of carbonyl (C=O) groups excluding carboxylic acids is 1. The quantitative estimate of drug-likeness (QED) is 0.649. The molecule has 23 heavy (non-hydrogen) atoms. The molecule has 1 aliphatic carbocycles. The number of hydrogen-bond donors (Lipinski definition) is 0. The van der Waals surface area contributed by atoms with Gasteiger partial charge in [-0.25, -0.2) is 0 Å². The van der Waals surface area contributed by atoms with Crippen LogP contribution in [0.1, 0.15) is 39.2 Å². The van der Waals surface area contributed by atoms with Gasteiger partial charge >= 0.3 is 0 Å². The van der Waals surface area contributed by atoms with Crippen LogP contribution in [0.25, 0.3) is 0 Å². The van der Waals surface area contributed by atoms with Gasteiger partial charge < -0.3 is 4.90 Å². The van der Waals surface area contributed by atoms with E-state index in [1.54, 1.807) is 0 Å². The van der Waals surface area contributed by atoms with Gasteiger partial charge in [0.05, 0.1) is 6.54 Å². The fourth-order valence-corrected chi connectivity index (χ4v) is 3.01. The molecule has 3 nitrogen and oxygen atoms in total. The molecule has 1 amide bonds. The van der Waals surface area contributed by atoms with E-state index in [0.29, 0.717) is 19.1 Å². The lowest BCUT2D eigenvalue weighted by atomic mass is 10.1. The first-order chi connectivity index (χ1) is 11.0. The van der Waals surface area contributed by atoms with Gasteiger partial charge in [0.15, 0.2) is 0 Å². The van der Waals surface area contributed by atoms with Gasteiger partial charge in [-0.05, 0) is 45.1 Å². The Morgan fingerprint density at radius 2 is 1.91 bits per heavy atom. The Hall–Kier alpha value is -1.61. The van der Waals surface area contributed by atoms with Gasteiger partial charge in [0.1, 0.15) is 0 Å². The predicted octanol–water partition coefficient (Wildman–Crippen LogP) is 3.71. The van der Waals surface area contributed by atoms with Crippen molar-refractivity contribution in [2.75, 3.05) is 19.6 Å². The Kier molecular flexibility index (Phi) is 6.40. The molecule has 0 spiro atoms. The van der Waals surface area contributed by atoms with Gasteiger partial charge in [-0.15, -0.1) is 0 Å². The third kappa shape index (κ3) is 5.51. The van der Waals surface area contributed by atoms with Gasteiger partial charge in [-0.2, -0.15) is 0 Å². The minimum atomic E-state index is 0.207. The molecule has 2 rings (SSSR count). The second-order valence-corrected chi connectivity index (χ2v) is 6.83. The minimum Gasteiger partial charge on any atom is -0.338 e. The zero-order valence-corrected chi connectivity index (χ0v) is 14.8. The average Bonchev–Trinajstić information content (AvgIpc) is 3.36. The molecule has 1 fully saturated rings. The first-order valence-corrected chi connectivity index (χ1v) is 8.71. The van der Waals surface area contributed by atoms with Crippen molar-refractivity contribution in [3.05, 3.63) is 48.0 Å². The lowest BCUT2D eigenvalue weighted by molar-refractivity contribution is -0.132. The Labute approximate surface area is 141 Å². The summed E-state index contributed by atoms with van der Waals surface area (Å²) in [7, 11) is 0. The summed E-state index contributed by atoms with van der Waals surface area (Å²) in [6, 6.07) is 10.9. The van der Waals surface area contributed by atoms with E-state index in [1.807, 2.05) is 24.8 Å². The van der Waals surface area contributed by atoms with Crippen molar-refractivity contribution in [1.29, 1.82) is 0 Å². The second kappa shape index (κ2) is 8.30. The van der Waals surface area contributed by atoms with E-state index in [-0.39, 0.29) is 5.91 Å². The summed E-state index contributed by atoms with van der Waals surface area (Å²) in [6.45, 7) is 12.9. The maximum atomic E-state index is 12.7. The van der Waals surface area contributed by atoms with E-state index < -0.39 is 0 Å². The molecule has 1 aromatic carbocycles. The van der Waals surface area contributed by atoms with Crippen LogP contribution < -0.4 is 0 Å². The molecule has 1 aliphatic rings. The Bertz CT molecular complexity index is 522. The summed E-state index contributed by atoms with van der Waals surface area (Å²) in [5.74, 6) is 0.960. The molecule has 1 unspecified atom stereocenters. The number of benzene rings is 1. The van der Waals surface area contributed by atoms with Gasteiger partial charge in [-0.3, -0.25) is 9.69 Å². The van der Waals surface area contributed by atoms with Crippen molar-refractivity contribution in [3.63, 3.8) is 0 Å². The highest BCUT2D eigenvalue weighted by molar-refractivity contribution is 5.78. The maximum Gasteiger partial charge on any atom is 0.237 e. The first-order valence-electron chi connectivity index (χ1n) is 8.71. The number of carbonyl (C=O) groups is 1. The molecule has 126 valence electrons. The Balaban J connectivity index is 2.04. The average molecular weight is 314 g/mol. The summed E-state index contributed by atoms with van der Waals surface area (Å²) in [6.07, 6.45) is 2.59. The SMILES string of the molecule is C=C(C)CN(CC)C(=O)CN(Cc1ccccc1)C(C)C1CC1. The van der Waals surface area contributed by atoms with Crippen molar-refractivity contribution in [1.82, 2.24) is 9.80 Å². The summed E-state index contributed by atoms with van der Waals surface area (Å²) in [4.78, 5) is 16.9. The minimum absolute atomic E-state index is 0.207. The molecular formula is C20H30N2O. The van der Waals surface area contributed by atoms with Crippen molar-refractivity contribution < 1.29 is 4.79 Å². The van der Waals surface area contributed by atoms with E-state index in [0.717, 1.165) is 24.6 Å². The molecule has 1 saturated carbocycles. The zero-order valence-electron chi connectivity index (χ0n) is 14.8. The second-order valence-electron chi connectivity index (χ2n) is 6.83. The number of likely N-dealkylation sites (N-methyl/N-ethyl adjacent to an activating group) is 1. The highest BCUT2D eigenvalue weighted by atomic mass is 16.2.